The zero-order valence-corrected chi connectivity index (χ0v) is 20.6. The van der Waals surface area contributed by atoms with E-state index >= 15 is 0 Å². The van der Waals surface area contributed by atoms with Gasteiger partial charge in [-0.25, -0.2) is 4.68 Å². The second-order valence-corrected chi connectivity index (χ2v) is 10.6. The largest absolute Gasteiger partial charge is 0.377 e. The molecule has 1 aliphatic rings. The number of fused-ring (bicyclic) bond motifs is 1. The van der Waals surface area contributed by atoms with Gasteiger partial charge in [-0.3, -0.25) is 9.69 Å². The fraction of sp³-hybridized carbons (Fsp3) is 0.600. The molecular weight excluding hydrogens is 416 g/mol. The minimum atomic E-state index is -0.250. The molecule has 2 atom stereocenters. The van der Waals surface area contributed by atoms with E-state index < -0.39 is 0 Å². The molecule has 0 bridgehead atoms. The van der Waals surface area contributed by atoms with Crippen molar-refractivity contribution in [1.29, 1.82) is 0 Å². The van der Waals surface area contributed by atoms with E-state index in [1.54, 1.807) is 0 Å². The van der Waals surface area contributed by atoms with E-state index in [1.807, 2.05) is 23.7 Å². The molecule has 178 valence electrons. The Morgan fingerprint density at radius 2 is 2.06 bits per heavy atom. The summed E-state index contributed by atoms with van der Waals surface area (Å²) in [5.74, 6) is 1.06. The highest BCUT2D eigenvalue weighted by Gasteiger charge is 2.34. The van der Waals surface area contributed by atoms with Crippen LogP contribution in [0.5, 0.6) is 0 Å². The molecule has 1 aliphatic heterocycles. The van der Waals surface area contributed by atoms with E-state index in [0.29, 0.717) is 6.54 Å². The molecule has 0 aliphatic carbocycles. The maximum atomic E-state index is 13.1. The predicted molar refractivity (Wildman–Crippen MR) is 129 cm³/mol. The number of hydrogen-bond acceptors (Lipinski definition) is 6. The van der Waals surface area contributed by atoms with Crippen molar-refractivity contribution in [2.24, 2.45) is 5.92 Å². The minimum Gasteiger partial charge on any atom is -0.377 e. The van der Waals surface area contributed by atoms with Crippen LogP contribution in [0.1, 0.15) is 70.5 Å². The molecule has 8 heteroatoms. The molecule has 0 amide bonds. The molecule has 3 aromatic rings. The molecule has 8 nitrogen and oxygen atoms in total. The molecular formula is C25H36N6O2. The van der Waals surface area contributed by atoms with Crippen LogP contribution in [0.15, 0.2) is 29.1 Å². The van der Waals surface area contributed by atoms with Crippen molar-refractivity contribution in [3.05, 3.63) is 51.6 Å². The van der Waals surface area contributed by atoms with E-state index in [9.17, 15) is 4.79 Å². The van der Waals surface area contributed by atoms with Crippen molar-refractivity contribution in [2.75, 3.05) is 13.2 Å². The molecule has 0 saturated carbocycles. The summed E-state index contributed by atoms with van der Waals surface area (Å²) in [6.07, 6.45) is 2.24. The van der Waals surface area contributed by atoms with Crippen LogP contribution in [-0.2, 0) is 16.8 Å². The molecule has 4 rings (SSSR count). The first kappa shape index (κ1) is 23.6. The lowest BCUT2D eigenvalue weighted by Gasteiger charge is -2.36. The third-order valence-corrected chi connectivity index (χ3v) is 6.33. The minimum absolute atomic E-state index is 0.0524. The van der Waals surface area contributed by atoms with Gasteiger partial charge in [-0.15, -0.1) is 5.10 Å². The lowest BCUT2D eigenvalue weighted by atomic mass is 9.98. The number of H-pyrrole nitrogens is 1. The molecule has 1 saturated heterocycles. The highest BCUT2D eigenvalue weighted by atomic mass is 16.5. The third-order valence-electron chi connectivity index (χ3n) is 6.33. The second kappa shape index (κ2) is 9.35. The number of benzene rings is 1. The van der Waals surface area contributed by atoms with E-state index in [-0.39, 0.29) is 29.2 Å². The lowest BCUT2D eigenvalue weighted by Crippen LogP contribution is -2.41. The van der Waals surface area contributed by atoms with Gasteiger partial charge in [0.05, 0.1) is 17.7 Å². The van der Waals surface area contributed by atoms with Gasteiger partial charge in [0.15, 0.2) is 5.82 Å². The van der Waals surface area contributed by atoms with Crippen molar-refractivity contribution < 1.29 is 4.74 Å². The summed E-state index contributed by atoms with van der Waals surface area (Å²) in [5.41, 5.74) is 2.43. The van der Waals surface area contributed by atoms with E-state index in [0.717, 1.165) is 53.8 Å². The van der Waals surface area contributed by atoms with Crippen LogP contribution in [0, 0.1) is 12.8 Å². The maximum absolute atomic E-state index is 13.1. The number of nitrogens with one attached hydrogen (secondary N) is 1. The molecule has 0 spiro atoms. The second-order valence-electron chi connectivity index (χ2n) is 10.6. The number of nitrogens with zero attached hydrogens (tertiary/aromatic N) is 5. The van der Waals surface area contributed by atoms with Crippen LogP contribution in [-0.4, -0.2) is 49.3 Å². The summed E-state index contributed by atoms with van der Waals surface area (Å²) >= 11 is 0. The van der Waals surface area contributed by atoms with Crippen molar-refractivity contribution >= 4 is 10.9 Å². The zero-order chi connectivity index (χ0) is 23.8. The fourth-order valence-corrected chi connectivity index (χ4v) is 4.76. The first-order chi connectivity index (χ1) is 15.6. The van der Waals surface area contributed by atoms with E-state index in [4.69, 9.17) is 4.74 Å². The van der Waals surface area contributed by atoms with Gasteiger partial charge < -0.3 is 9.72 Å². The number of aromatic amines is 1. The summed E-state index contributed by atoms with van der Waals surface area (Å²) in [4.78, 5) is 18.5. The summed E-state index contributed by atoms with van der Waals surface area (Å²) < 4.78 is 7.90. The molecule has 33 heavy (non-hydrogen) atoms. The monoisotopic (exact) mass is 452 g/mol. The van der Waals surface area contributed by atoms with Crippen LogP contribution in [0.2, 0.25) is 0 Å². The lowest BCUT2D eigenvalue weighted by molar-refractivity contribution is 0.0371. The van der Waals surface area contributed by atoms with Crippen LogP contribution in [0.4, 0.5) is 0 Å². The summed E-state index contributed by atoms with van der Waals surface area (Å²) in [6.45, 7) is 14.7. The number of hydrogen-bond donors (Lipinski definition) is 1. The van der Waals surface area contributed by atoms with E-state index in [1.165, 1.54) is 0 Å². The number of rotatable bonds is 7. The van der Waals surface area contributed by atoms with Crippen molar-refractivity contribution in [2.45, 2.75) is 78.6 Å². The van der Waals surface area contributed by atoms with E-state index in [2.05, 4.69) is 72.2 Å². The van der Waals surface area contributed by atoms with Crippen LogP contribution < -0.4 is 5.56 Å². The molecule has 0 radical (unpaired) electrons. The zero-order valence-electron chi connectivity index (χ0n) is 20.6. The Labute approximate surface area is 195 Å². The Kier molecular flexibility index (Phi) is 6.68. The maximum Gasteiger partial charge on any atom is 0.252 e. The smallest absolute Gasteiger partial charge is 0.252 e. The predicted octanol–water partition coefficient (Wildman–Crippen LogP) is 3.96. The standard InChI is InChI=1S/C25H36N6O2/c1-16(2)22(23-27-28-29-31(23)25(4,5)6)30(15-20-8-7-11-33-20)14-19-13-18-10-9-17(3)12-21(18)26-24(19)32/h9-10,12-13,16,20,22H,7-8,11,14-15H2,1-6H3,(H,26,32). The van der Waals surface area contributed by atoms with Gasteiger partial charge in [0.1, 0.15) is 0 Å². The summed E-state index contributed by atoms with van der Waals surface area (Å²) in [7, 11) is 0. The third kappa shape index (κ3) is 5.17. The Hall–Kier alpha value is -2.58. The van der Waals surface area contributed by atoms with Gasteiger partial charge in [-0.2, -0.15) is 0 Å². The quantitative estimate of drug-likeness (QED) is 0.584. The molecule has 2 aromatic heterocycles. The van der Waals surface area contributed by atoms with Gasteiger partial charge in [-0.05, 0) is 80.0 Å². The van der Waals surface area contributed by atoms with Gasteiger partial charge in [0, 0.05) is 30.8 Å². The summed E-state index contributed by atoms with van der Waals surface area (Å²) in [6, 6.07) is 8.10. The molecule has 1 aromatic carbocycles. The molecule has 1 N–H and O–H groups in total. The number of pyridine rings is 1. The molecule has 3 heterocycles. The van der Waals surface area contributed by atoms with Crippen LogP contribution in [0.25, 0.3) is 10.9 Å². The van der Waals surface area contributed by atoms with Gasteiger partial charge >= 0.3 is 0 Å². The summed E-state index contributed by atoms with van der Waals surface area (Å²) in [5, 5.41) is 13.8. The Balaban J connectivity index is 1.75. The first-order valence-electron chi connectivity index (χ1n) is 11.9. The first-order valence-corrected chi connectivity index (χ1v) is 11.9. The SMILES string of the molecule is Cc1ccc2cc(CN(CC3CCCO3)C(c3nnnn3C(C)(C)C)C(C)C)c(=O)[nH]c2c1. The average molecular weight is 453 g/mol. The van der Waals surface area contributed by atoms with Crippen molar-refractivity contribution in [3.8, 4) is 0 Å². The van der Waals surface area contributed by atoms with Crippen LogP contribution >= 0.6 is 0 Å². The Morgan fingerprint density at radius 1 is 1.27 bits per heavy atom. The van der Waals surface area contributed by atoms with Crippen LogP contribution in [0.3, 0.4) is 0 Å². The highest BCUT2D eigenvalue weighted by molar-refractivity contribution is 5.79. The van der Waals surface area contributed by atoms with Crippen molar-refractivity contribution in [3.63, 3.8) is 0 Å². The fourth-order valence-electron chi connectivity index (χ4n) is 4.76. The Morgan fingerprint density at radius 3 is 2.73 bits per heavy atom. The molecule has 1 fully saturated rings. The number of ether oxygens (including phenoxy) is 1. The Bertz CT molecular complexity index is 1150. The number of aromatic nitrogens is 5. The highest BCUT2D eigenvalue weighted by Crippen LogP contribution is 2.32. The topological polar surface area (TPSA) is 88.9 Å². The van der Waals surface area contributed by atoms with Gasteiger partial charge in [-0.1, -0.05) is 26.0 Å². The number of aryl methyl sites for hydroxylation is 1. The van der Waals surface area contributed by atoms with Crippen molar-refractivity contribution in [1.82, 2.24) is 30.1 Å². The normalized spacial score (nSPS) is 18.0. The van der Waals surface area contributed by atoms with Gasteiger partial charge in [0.25, 0.3) is 5.56 Å². The average Bonchev–Trinajstić information content (AvgIpc) is 3.40. The number of tetrazole rings is 1. The van der Waals surface area contributed by atoms with Gasteiger partial charge in [0.2, 0.25) is 0 Å². The molecule has 2 unspecified atom stereocenters.